The number of ether oxygens (including phenoxy) is 2. The van der Waals surface area contributed by atoms with Crippen LogP contribution in [0.2, 0.25) is 0 Å². The molecule has 1 amide bonds. The Labute approximate surface area is 159 Å². The van der Waals surface area contributed by atoms with Crippen molar-refractivity contribution in [3.05, 3.63) is 53.8 Å². The first-order valence-corrected chi connectivity index (χ1v) is 8.87. The average molecular weight is 367 g/mol. The first kappa shape index (κ1) is 18.8. The Hall–Kier alpha value is -2.99. The first-order chi connectivity index (χ1) is 13.0. The van der Waals surface area contributed by atoms with Crippen LogP contribution < -0.4 is 20.1 Å². The van der Waals surface area contributed by atoms with Crippen molar-refractivity contribution in [1.29, 1.82) is 0 Å². The molecule has 142 valence electrons. The van der Waals surface area contributed by atoms with Crippen molar-refractivity contribution < 1.29 is 14.3 Å². The topological polar surface area (TPSA) is 68.0 Å². The lowest BCUT2D eigenvalue weighted by Crippen LogP contribution is -2.39. The molecule has 2 N–H and O–H groups in total. The predicted octanol–water partition coefficient (Wildman–Crippen LogP) is 3.00. The third-order valence-electron chi connectivity index (χ3n) is 4.35. The Bertz CT molecular complexity index is 844. The fourth-order valence-corrected chi connectivity index (χ4v) is 2.95. The number of nitrogens with two attached hydrogens (primary N) is 1. The van der Waals surface area contributed by atoms with Crippen LogP contribution in [0.25, 0.3) is 6.08 Å². The highest BCUT2D eigenvalue weighted by Crippen LogP contribution is 2.37. The predicted molar refractivity (Wildman–Crippen MR) is 108 cm³/mol. The van der Waals surface area contributed by atoms with E-state index in [9.17, 15) is 4.79 Å². The fourth-order valence-electron chi connectivity index (χ4n) is 2.95. The van der Waals surface area contributed by atoms with Crippen LogP contribution in [0.15, 0.2) is 48.2 Å². The highest BCUT2D eigenvalue weighted by Gasteiger charge is 2.30. The molecule has 0 radical (unpaired) electrons. The molecule has 0 saturated heterocycles. The summed E-state index contributed by atoms with van der Waals surface area (Å²) in [6, 6.07) is 12.8. The number of nitrogen functional groups attached to an aromatic ring is 1. The molecule has 0 saturated carbocycles. The molecule has 2 aromatic carbocycles. The van der Waals surface area contributed by atoms with Crippen molar-refractivity contribution >= 4 is 23.4 Å². The zero-order chi connectivity index (χ0) is 19.4. The number of amides is 1. The molecule has 27 heavy (non-hydrogen) atoms. The molecule has 0 unspecified atom stereocenters. The third-order valence-corrected chi connectivity index (χ3v) is 4.35. The Morgan fingerprint density at radius 2 is 1.93 bits per heavy atom. The van der Waals surface area contributed by atoms with Gasteiger partial charge in [-0.25, -0.2) is 0 Å². The van der Waals surface area contributed by atoms with Gasteiger partial charge in [-0.15, -0.1) is 0 Å². The van der Waals surface area contributed by atoms with Crippen LogP contribution in [0.3, 0.4) is 0 Å². The number of benzene rings is 2. The highest BCUT2D eigenvalue weighted by molar-refractivity contribution is 6.10. The largest absolute Gasteiger partial charge is 0.497 e. The summed E-state index contributed by atoms with van der Waals surface area (Å²) >= 11 is 0. The quantitative estimate of drug-likeness (QED) is 0.628. The van der Waals surface area contributed by atoms with Gasteiger partial charge >= 0.3 is 0 Å². The number of carbonyl (C=O) groups excluding carboxylic acids is 1. The molecule has 0 spiro atoms. The normalized spacial score (nSPS) is 15.0. The van der Waals surface area contributed by atoms with Crippen LogP contribution in [0, 0.1) is 0 Å². The summed E-state index contributed by atoms with van der Waals surface area (Å²) in [5, 5.41) is 0. The Morgan fingerprint density at radius 3 is 2.59 bits per heavy atom. The Morgan fingerprint density at radius 1 is 1.19 bits per heavy atom. The van der Waals surface area contributed by atoms with Gasteiger partial charge in [-0.3, -0.25) is 4.79 Å². The summed E-state index contributed by atoms with van der Waals surface area (Å²) in [5.41, 5.74) is 8.11. The minimum absolute atomic E-state index is 0.164. The van der Waals surface area contributed by atoms with E-state index in [4.69, 9.17) is 15.2 Å². The number of hydrogen-bond acceptors (Lipinski definition) is 5. The van der Waals surface area contributed by atoms with Crippen molar-refractivity contribution in [3.63, 3.8) is 0 Å². The Kier molecular flexibility index (Phi) is 5.66. The molecule has 1 aliphatic heterocycles. The van der Waals surface area contributed by atoms with E-state index in [-0.39, 0.29) is 5.91 Å². The molecule has 2 aromatic rings. The molecule has 6 heteroatoms. The van der Waals surface area contributed by atoms with Crippen LogP contribution in [0.4, 0.5) is 11.4 Å². The second-order valence-corrected chi connectivity index (χ2v) is 6.72. The average Bonchev–Trinajstić information content (AvgIpc) is 2.65. The van der Waals surface area contributed by atoms with E-state index in [1.165, 1.54) is 0 Å². The molecule has 3 rings (SSSR count). The van der Waals surface area contributed by atoms with Gasteiger partial charge in [0.25, 0.3) is 5.91 Å². The highest BCUT2D eigenvalue weighted by atomic mass is 16.5. The molecule has 0 fully saturated rings. The summed E-state index contributed by atoms with van der Waals surface area (Å²) in [6.45, 7) is 1.48. The summed E-state index contributed by atoms with van der Waals surface area (Å²) < 4.78 is 11.1. The summed E-state index contributed by atoms with van der Waals surface area (Å²) in [7, 11) is 5.65. The molecule has 0 bridgehead atoms. The molecular weight excluding hydrogens is 342 g/mol. The van der Waals surface area contributed by atoms with E-state index in [0.717, 1.165) is 24.3 Å². The lowest BCUT2D eigenvalue weighted by atomic mass is 10.1. The van der Waals surface area contributed by atoms with Crippen molar-refractivity contribution in [2.75, 3.05) is 44.9 Å². The van der Waals surface area contributed by atoms with E-state index in [0.29, 0.717) is 29.4 Å². The zero-order valence-electron chi connectivity index (χ0n) is 15.9. The van der Waals surface area contributed by atoms with Crippen LogP contribution in [-0.2, 0) is 4.79 Å². The maximum absolute atomic E-state index is 13.1. The van der Waals surface area contributed by atoms with E-state index >= 15 is 0 Å². The van der Waals surface area contributed by atoms with E-state index < -0.39 is 0 Å². The number of hydrogen-bond donors (Lipinski definition) is 1. The smallest absolute Gasteiger partial charge is 0.294 e. The van der Waals surface area contributed by atoms with Crippen molar-refractivity contribution in [2.24, 2.45) is 0 Å². The summed E-state index contributed by atoms with van der Waals surface area (Å²) in [5.74, 6) is 1.53. The van der Waals surface area contributed by atoms with Crippen LogP contribution in [0.1, 0.15) is 12.0 Å². The van der Waals surface area contributed by atoms with Crippen molar-refractivity contribution in [3.8, 4) is 11.5 Å². The van der Waals surface area contributed by atoms with Crippen molar-refractivity contribution in [1.82, 2.24) is 4.90 Å². The van der Waals surface area contributed by atoms with Crippen molar-refractivity contribution in [2.45, 2.75) is 6.42 Å². The number of methoxy groups -OCH3 is 1. The maximum Gasteiger partial charge on any atom is 0.294 e. The van der Waals surface area contributed by atoms with E-state index in [2.05, 4.69) is 4.90 Å². The van der Waals surface area contributed by atoms with Gasteiger partial charge in [-0.05, 0) is 69.0 Å². The SMILES string of the molecule is COc1ccc(/C=C2/Oc3ccc(N)cc3N(CCCN(C)C)C2=O)cc1. The Balaban J connectivity index is 1.91. The fraction of sp³-hybridized carbons (Fsp3) is 0.286. The van der Waals surface area contributed by atoms with E-state index in [1.807, 2.05) is 38.4 Å². The lowest BCUT2D eigenvalue weighted by molar-refractivity contribution is -0.117. The van der Waals surface area contributed by atoms with Gasteiger partial charge in [-0.2, -0.15) is 0 Å². The second kappa shape index (κ2) is 8.14. The molecule has 0 aromatic heterocycles. The third kappa shape index (κ3) is 4.41. The monoisotopic (exact) mass is 367 g/mol. The van der Waals surface area contributed by atoms with Gasteiger partial charge < -0.3 is 25.0 Å². The van der Waals surface area contributed by atoms with Crippen LogP contribution in [-0.4, -0.2) is 45.1 Å². The molecule has 6 nitrogen and oxygen atoms in total. The van der Waals surface area contributed by atoms with Gasteiger partial charge in [-0.1, -0.05) is 12.1 Å². The standard InChI is InChI=1S/C21H25N3O3/c1-23(2)11-4-12-24-18-14-16(22)7-10-19(18)27-20(21(24)25)13-15-5-8-17(26-3)9-6-15/h5-10,13-14H,4,11-12,22H2,1-3H3/b20-13+. The van der Waals surface area contributed by atoms with Gasteiger partial charge in [0.15, 0.2) is 11.5 Å². The lowest BCUT2D eigenvalue weighted by Gasteiger charge is -2.31. The molecule has 1 aliphatic rings. The number of fused-ring (bicyclic) bond motifs is 1. The van der Waals surface area contributed by atoms with Crippen LogP contribution >= 0.6 is 0 Å². The number of carbonyl (C=O) groups is 1. The van der Waals surface area contributed by atoms with Gasteiger partial charge in [0.1, 0.15) is 5.75 Å². The minimum Gasteiger partial charge on any atom is -0.497 e. The number of rotatable bonds is 6. The molecule has 0 aliphatic carbocycles. The zero-order valence-corrected chi connectivity index (χ0v) is 15.9. The molecular formula is C21H25N3O3. The van der Waals surface area contributed by atoms with Gasteiger partial charge in [0.05, 0.1) is 12.8 Å². The summed E-state index contributed by atoms with van der Waals surface area (Å²) in [6.07, 6.45) is 2.60. The number of anilines is 2. The minimum atomic E-state index is -0.164. The molecule has 1 heterocycles. The summed E-state index contributed by atoms with van der Waals surface area (Å²) in [4.78, 5) is 16.9. The first-order valence-electron chi connectivity index (χ1n) is 8.87. The van der Waals surface area contributed by atoms with Gasteiger partial charge in [0.2, 0.25) is 0 Å². The molecule has 0 atom stereocenters. The van der Waals surface area contributed by atoms with E-state index in [1.54, 1.807) is 36.3 Å². The number of nitrogens with zero attached hydrogens (tertiary/aromatic N) is 2. The second-order valence-electron chi connectivity index (χ2n) is 6.72. The maximum atomic E-state index is 13.1. The van der Waals surface area contributed by atoms with Crippen LogP contribution in [0.5, 0.6) is 11.5 Å². The van der Waals surface area contributed by atoms with Gasteiger partial charge in [0, 0.05) is 12.2 Å².